The van der Waals surface area contributed by atoms with Gasteiger partial charge in [-0.2, -0.15) is 0 Å². The molecule has 2 aromatic rings. The second-order valence-electron chi connectivity index (χ2n) is 11.9. The van der Waals surface area contributed by atoms with E-state index in [1.165, 1.54) is 0 Å². The summed E-state index contributed by atoms with van der Waals surface area (Å²) in [7, 11) is 0. The van der Waals surface area contributed by atoms with Crippen LogP contribution in [0.25, 0.3) is 0 Å². The highest BCUT2D eigenvalue weighted by atomic mass is 35.5. The number of carbonyl (C=O) groups is 3. The number of nitrogens with one attached hydrogen (secondary N) is 2. The van der Waals surface area contributed by atoms with Gasteiger partial charge in [-0.3, -0.25) is 9.59 Å². The van der Waals surface area contributed by atoms with E-state index >= 15 is 0 Å². The maximum Gasteiger partial charge on any atom is 0.408 e. The SMILES string of the molecule is Cc1cc(C)cc(C(C(=O)Nc2c(C)cccc2Cl)N(C(=O)C(NC(=O)OC(C)(C)C)C(C)C)C2CCC2)c1. The highest BCUT2D eigenvalue weighted by Gasteiger charge is 2.43. The molecule has 0 spiro atoms. The molecule has 3 amide bonds. The first-order chi connectivity index (χ1) is 18.2. The number of carbonyl (C=O) groups excluding carboxylic acids is 3. The Bertz CT molecular complexity index is 1180. The van der Waals surface area contributed by atoms with Crippen molar-refractivity contribution >= 4 is 35.2 Å². The number of hydrogen-bond acceptors (Lipinski definition) is 4. The van der Waals surface area contributed by atoms with Gasteiger partial charge in [0.05, 0.1) is 10.7 Å². The van der Waals surface area contributed by atoms with Crippen molar-refractivity contribution in [3.05, 3.63) is 63.7 Å². The molecule has 0 heterocycles. The molecule has 1 fully saturated rings. The Morgan fingerprint density at radius 1 is 1.03 bits per heavy atom. The van der Waals surface area contributed by atoms with Crippen molar-refractivity contribution in [3.63, 3.8) is 0 Å². The smallest absolute Gasteiger partial charge is 0.408 e. The third-order valence-electron chi connectivity index (χ3n) is 6.88. The zero-order chi connectivity index (χ0) is 29.1. The average Bonchev–Trinajstić information content (AvgIpc) is 2.76. The van der Waals surface area contributed by atoms with Gasteiger partial charge in [-0.25, -0.2) is 4.79 Å². The molecule has 8 heteroatoms. The summed E-state index contributed by atoms with van der Waals surface area (Å²) in [5.74, 6) is -0.895. The second kappa shape index (κ2) is 12.4. The van der Waals surface area contributed by atoms with E-state index in [0.717, 1.165) is 41.5 Å². The number of halogens is 1. The number of nitrogens with zero attached hydrogens (tertiary/aromatic N) is 1. The number of benzene rings is 2. The van der Waals surface area contributed by atoms with Crippen LogP contribution in [-0.4, -0.2) is 40.5 Å². The van der Waals surface area contributed by atoms with Crippen molar-refractivity contribution in [1.82, 2.24) is 10.2 Å². The van der Waals surface area contributed by atoms with Gasteiger partial charge in [0.1, 0.15) is 17.7 Å². The van der Waals surface area contributed by atoms with Crippen LogP contribution in [0.3, 0.4) is 0 Å². The van der Waals surface area contributed by atoms with Crippen LogP contribution < -0.4 is 10.6 Å². The van der Waals surface area contributed by atoms with Gasteiger partial charge in [0.25, 0.3) is 5.91 Å². The number of ether oxygens (including phenoxy) is 1. The van der Waals surface area contributed by atoms with Gasteiger partial charge in [-0.1, -0.05) is 66.9 Å². The topological polar surface area (TPSA) is 87.7 Å². The molecule has 0 aliphatic heterocycles. The van der Waals surface area contributed by atoms with Crippen molar-refractivity contribution in [2.45, 2.75) is 98.4 Å². The first kappa shape index (κ1) is 30.5. The van der Waals surface area contributed by atoms with Crippen LogP contribution in [0, 0.1) is 26.7 Å². The Balaban J connectivity index is 2.08. The highest BCUT2D eigenvalue weighted by molar-refractivity contribution is 6.34. The molecule has 212 valence electrons. The highest BCUT2D eigenvalue weighted by Crippen LogP contribution is 2.36. The molecule has 0 radical (unpaired) electrons. The van der Waals surface area contributed by atoms with Gasteiger partial charge >= 0.3 is 6.09 Å². The maximum atomic E-state index is 14.3. The molecule has 39 heavy (non-hydrogen) atoms. The third-order valence-corrected chi connectivity index (χ3v) is 7.20. The van der Waals surface area contributed by atoms with E-state index in [-0.39, 0.29) is 23.8 Å². The van der Waals surface area contributed by atoms with E-state index in [1.54, 1.807) is 31.7 Å². The summed E-state index contributed by atoms with van der Waals surface area (Å²) in [6.07, 6.45) is 1.86. The fraction of sp³-hybridized carbons (Fsp3) is 0.516. The molecule has 2 aromatic carbocycles. The summed E-state index contributed by atoms with van der Waals surface area (Å²) in [4.78, 5) is 42.9. The quantitative estimate of drug-likeness (QED) is 0.372. The fourth-order valence-electron chi connectivity index (χ4n) is 4.88. The Morgan fingerprint density at radius 2 is 1.64 bits per heavy atom. The molecule has 0 bridgehead atoms. The van der Waals surface area contributed by atoms with Crippen LogP contribution >= 0.6 is 11.6 Å². The summed E-state index contributed by atoms with van der Waals surface area (Å²) in [5, 5.41) is 6.23. The number of anilines is 1. The number of amides is 3. The van der Waals surface area contributed by atoms with Gasteiger partial charge in [0.15, 0.2) is 0 Å². The lowest BCUT2D eigenvalue weighted by Crippen LogP contribution is -2.58. The molecule has 1 aliphatic rings. The summed E-state index contributed by atoms with van der Waals surface area (Å²) in [5.41, 5.74) is 3.33. The maximum absolute atomic E-state index is 14.3. The molecule has 2 unspecified atom stereocenters. The van der Waals surface area contributed by atoms with E-state index in [0.29, 0.717) is 10.7 Å². The van der Waals surface area contributed by atoms with Gasteiger partial charge in [0, 0.05) is 6.04 Å². The molecule has 2 N–H and O–H groups in total. The minimum atomic E-state index is -0.918. The molecule has 1 saturated carbocycles. The van der Waals surface area contributed by atoms with Crippen molar-refractivity contribution < 1.29 is 19.1 Å². The standard InChI is InChI=1S/C31H42ClN3O4/c1-18(2)25(34-30(38)39-31(6,7)8)29(37)35(23-12-10-13-23)27(22-16-19(3)15-20(4)17-22)28(36)33-26-21(5)11-9-14-24(26)32/h9,11,14-18,23,25,27H,10,12-13H2,1-8H3,(H,33,36)(H,34,38). The molecular formula is C31H42ClN3O4. The van der Waals surface area contributed by atoms with Gasteiger partial charge in [-0.05, 0) is 83.9 Å². The Kier molecular flexibility index (Phi) is 9.70. The van der Waals surface area contributed by atoms with Crippen molar-refractivity contribution in [3.8, 4) is 0 Å². The first-order valence-electron chi connectivity index (χ1n) is 13.6. The second-order valence-corrected chi connectivity index (χ2v) is 12.3. The summed E-state index contributed by atoms with van der Waals surface area (Å²) in [6, 6.07) is 9.43. The van der Waals surface area contributed by atoms with E-state index in [2.05, 4.69) is 10.6 Å². The Hall–Kier alpha value is -3.06. The molecule has 7 nitrogen and oxygen atoms in total. The van der Waals surface area contributed by atoms with E-state index < -0.39 is 23.8 Å². The van der Waals surface area contributed by atoms with Crippen LogP contribution in [-0.2, 0) is 14.3 Å². The van der Waals surface area contributed by atoms with Crippen molar-refractivity contribution in [2.75, 3.05) is 5.32 Å². The predicted octanol–water partition coefficient (Wildman–Crippen LogP) is 6.88. The number of para-hydroxylation sites is 1. The minimum Gasteiger partial charge on any atom is -0.444 e. The predicted molar refractivity (Wildman–Crippen MR) is 156 cm³/mol. The molecule has 0 aromatic heterocycles. The zero-order valence-corrected chi connectivity index (χ0v) is 25.1. The summed E-state index contributed by atoms with van der Waals surface area (Å²) in [6.45, 7) is 14.9. The largest absolute Gasteiger partial charge is 0.444 e. The average molecular weight is 556 g/mol. The Morgan fingerprint density at radius 3 is 2.13 bits per heavy atom. The van der Waals surface area contributed by atoms with Crippen molar-refractivity contribution in [2.24, 2.45) is 5.92 Å². The van der Waals surface area contributed by atoms with Gasteiger partial charge in [0.2, 0.25) is 5.91 Å². The van der Waals surface area contributed by atoms with Crippen LogP contribution in [0.15, 0.2) is 36.4 Å². The normalized spacial score (nSPS) is 15.2. The summed E-state index contributed by atoms with van der Waals surface area (Å²) < 4.78 is 5.46. The van der Waals surface area contributed by atoms with Crippen LogP contribution in [0.1, 0.15) is 82.2 Å². The lowest BCUT2D eigenvalue weighted by molar-refractivity contribution is -0.146. The van der Waals surface area contributed by atoms with Gasteiger partial charge < -0.3 is 20.3 Å². The first-order valence-corrected chi connectivity index (χ1v) is 14.0. The number of rotatable bonds is 8. The van der Waals surface area contributed by atoms with Crippen LogP contribution in [0.5, 0.6) is 0 Å². The number of aryl methyl sites for hydroxylation is 3. The Labute approximate surface area is 237 Å². The minimum absolute atomic E-state index is 0.136. The molecule has 3 rings (SSSR count). The molecule has 0 saturated heterocycles. The van der Waals surface area contributed by atoms with Crippen LogP contribution in [0.2, 0.25) is 5.02 Å². The molecule has 2 atom stereocenters. The number of alkyl carbamates (subject to hydrolysis) is 1. The fourth-order valence-corrected chi connectivity index (χ4v) is 5.15. The van der Waals surface area contributed by atoms with Gasteiger partial charge in [-0.15, -0.1) is 0 Å². The van der Waals surface area contributed by atoms with Crippen LogP contribution in [0.4, 0.5) is 10.5 Å². The van der Waals surface area contributed by atoms with E-state index in [9.17, 15) is 14.4 Å². The van der Waals surface area contributed by atoms with E-state index in [1.807, 2.05) is 65.0 Å². The van der Waals surface area contributed by atoms with Crippen molar-refractivity contribution in [1.29, 1.82) is 0 Å². The monoisotopic (exact) mass is 555 g/mol. The molecule has 1 aliphatic carbocycles. The lowest BCUT2D eigenvalue weighted by Gasteiger charge is -2.44. The lowest BCUT2D eigenvalue weighted by atomic mass is 9.86. The van der Waals surface area contributed by atoms with E-state index in [4.69, 9.17) is 16.3 Å². The zero-order valence-electron chi connectivity index (χ0n) is 24.4. The summed E-state index contributed by atoms with van der Waals surface area (Å²) >= 11 is 6.46. The number of hydrogen-bond donors (Lipinski definition) is 2. The third kappa shape index (κ3) is 7.75. The molecular weight excluding hydrogens is 514 g/mol.